The van der Waals surface area contributed by atoms with Gasteiger partial charge in [0.05, 0.1) is 6.54 Å². The zero-order valence-corrected chi connectivity index (χ0v) is 10.3. The number of benzene rings is 1. The lowest BCUT2D eigenvalue weighted by molar-refractivity contribution is -0.148. The van der Waals surface area contributed by atoms with Crippen LogP contribution in [0.3, 0.4) is 0 Å². The van der Waals surface area contributed by atoms with Crippen molar-refractivity contribution in [2.24, 2.45) is 0 Å². The number of amides is 2. The van der Waals surface area contributed by atoms with Gasteiger partial charge in [-0.3, -0.25) is 14.4 Å². The Labute approximate surface area is 109 Å². The summed E-state index contributed by atoms with van der Waals surface area (Å²) in [5, 5.41) is 10.7. The number of rotatable bonds is 6. The molecule has 0 unspecified atom stereocenters. The van der Waals surface area contributed by atoms with Crippen LogP contribution in [0.15, 0.2) is 24.3 Å². The van der Waals surface area contributed by atoms with Gasteiger partial charge in [-0.2, -0.15) is 0 Å². The van der Waals surface area contributed by atoms with Gasteiger partial charge in [-0.1, -0.05) is 17.7 Å². The molecule has 7 heteroatoms. The van der Waals surface area contributed by atoms with Crippen molar-refractivity contribution in [2.75, 3.05) is 13.2 Å². The molecule has 19 heavy (non-hydrogen) atoms. The predicted molar refractivity (Wildman–Crippen MR) is 65.2 cm³/mol. The first-order valence-corrected chi connectivity index (χ1v) is 5.46. The highest BCUT2D eigenvalue weighted by atomic mass is 16.7. The van der Waals surface area contributed by atoms with Crippen molar-refractivity contribution in [2.45, 2.75) is 6.92 Å². The van der Waals surface area contributed by atoms with Crippen molar-refractivity contribution in [1.29, 1.82) is 0 Å². The van der Waals surface area contributed by atoms with E-state index in [1.165, 1.54) is 0 Å². The Morgan fingerprint density at radius 3 is 2.68 bits per heavy atom. The maximum absolute atomic E-state index is 11.7. The number of hydrogen-bond acceptors (Lipinski definition) is 4. The minimum atomic E-state index is -1.20. The Morgan fingerprint density at radius 2 is 2.05 bits per heavy atom. The van der Waals surface area contributed by atoms with Gasteiger partial charge in [-0.05, 0) is 19.1 Å². The number of aliphatic carboxylic acids is 1. The largest absolute Gasteiger partial charge is 0.479 e. The molecule has 0 saturated carbocycles. The molecule has 0 aliphatic rings. The summed E-state index contributed by atoms with van der Waals surface area (Å²) in [5.41, 5.74) is 3.27. The molecule has 0 aromatic heterocycles. The fourth-order valence-corrected chi connectivity index (χ4v) is 1.26. The molecule has 0 saturated heterocycles. The SMILES string of the molecule is Cc1cccc(C(=O)NCC(=O)NOCC(=O)O)c1. The van der Waals surface area contributed by atoms with Crippen molar-refractivity contribution < 1.29 is 24.3 Å². The quantitative estimate of drug-likeness (QED) is 0.621. The molecule has 0 atom stereocenters. The number of carbonyl (C=O) groups is 3. The highest BCUT2D eigenvalue weighted by molar-refractivity contribution is 5.96. The van der Waals surface area contributed by atoms with Crippen molar-refractivity contribution >= 4 is 17.8 Å². The smallest absolute Gasteiger partial charge is 0.332 e. The lowest BCUT2D eigenvalue weighted by Gasteiger charge is -2.06. The van der Waals surface area contributed by atoms with E-state index in [0.717, 1.165) is 5.56 Å². The van der Waals surface area contributed by atoms with Crippen LogP contribution in [-0.2, 0) is 14.4 Å². The molecular formula is C12H14N2O5. The third-order valence-electron chi connectivity index (χ3n) is 2.07. The molecular weight excluding hydrogens is 252 g/mol. The van der Waals surface area contributed by atoms with Crippen molar-refractivity contribution in [1.82, 2.24) is 10.8 Å². The van der Waals surface area contributed by atoms with Crippen molar-refractivity contribution in [3.05, 3.63) is 35.4 Å². The predicted octanol–water partition coefficient (Wildman–Crippen LogP) is -0.143. The van der Waals surface area contributed by atoms with E-state index in [1.54, 1.807) is 18.2 Å². The summed E-state index contributed by atoms with van der Waals surface area (Å²) in [4.78, 5) is 37.3. The highest BCUT2D eigenvalue weighted by Crippen LogP contribution is 2.03. The molecule has 7 nitrogen and oxygen atoms in total. The lowest BCUT2D eigenvalue weighted by atomic mass is 10.1. The molecule has 0 bridgehead atoms. The first kappa shape index (κ1) is 14.7. The lowest BCUT2D eigenvalue weighted by Crippen LogP contribution is -2.37. The Morgan fingerprint density at radius 1 is 1.32 bits per heavy atom. The van der Waals surface area contributed by atoms with E-state index in [4.69, 9.17) is 5.11 Å². The molecule has 1 aromatic rings. The average Bonchev–Trinajstić information content (AvgIpc) is 2.35. The maximum atomic E-state index is 11.7. The van der Waals surface area contributed by atoms with Crippen LogP contribution in [0, 0.1) is 6.92 Å². The highest BCUT2D eigenvalue weighted by Gasteiger charge is 2.08. The zero-order chi connectivity index (χ0) is 14.3. The molecule has 1 rings (SSSR count). The molecule has 0 radical (unpaired) electrons. The minimum Gasteiger partial charge on any atom is -0.479 e. The second kappa shape index (κ2) is 7.12. The third-order valence-corrected chi connectivity index (χ3v) is 2.07. The van der Waals surface area contributed by atoms with Gasteiger partial charge in [0.15, 0.2) is 6.61 Å². The number of nitrogens with one attached hydrogen (secondary N) is 2. The normalized spacial score (nSPS) is 9.74. The van der Waals surface area contributed by atoms with E-state index in [2.05, 4.69) is 10.2 Å². The van der Waals surface area contributed by atoms with E-state index < -0.39 is 24.4 Å². The van der Waals surface area contributed by atoms with Crippen LogP contribution in [0.2, 0.25) is 0 Å². The number of aryl methyl sites for hydroxylation is 1. The van der Waals surface area contributed by atoms with E-state index in [0.29, 0.717) is 5.56 Å². The number of carboxylic acid groups (broad SMARTS) is 1. The van der Waals surface area contributed by atoms with Gasteiger partial charge in [0, 0.05) is 5.56 Å². The Bertz CT molecular complexity index is 487. The summed E-state index contributed by atoms with van der Waals surface area (Å²) < 4.78 is 0. The van der Waals surface area contributed by atoms with Gasteiger partial charge in [0.25, 0.3) is 11.8 Å². The molecule has 3 N–H and O–H groups in total. The maximum Gasteiger partial charge on any atom is 0.332 e. The van der Waals surface area contributed by atoms with Crippen LogP contribution in [-0.4, -0.2) is 36.0 Å². The number of hydrogen-bond donors (Lipinski definition) is 3. The molecule has 0 fully saturated rings. The molecule has 0 aliphatic heterocycles. The van der Waals surface area contributed by atoms with Crippen LogP contribution < -0.4 is 10.8 Å². The van der Waals surface area contributed by atoms with Crippen molar-refractivity contribution in [3.63, 3.8) is 0 Å². The number of carbonyl (C=O) groups excluding carboxylic acids is 2. The van der Waals surface area contributed by atoms with Gasteiger partial charge in [-0.15, -0.1) is 0 Å². The second-order valence-electron chi connectivity index (χ2n) is 3.76. The molecule has 102 valence electrons. The number of hydroxylamine groups is 1. The van der Waals surface area contributed by atoms with Gasteiger partial charge in [-0.25, -0.2) is 10.3 Å². The Kier molecular flexibility index (Phi) is 5.49. The fraction of sp³-hybridized carbons (Fsp3) is 0.250. The summed E-state index contributed by atoms with van der Waals surface area (Å²) in [6.07, 6.45) is 0. The summed E-state index contributed by atoms with van der Waals surface area (Å²) in [7, 11) is 0. The zero-order valence-electron chi connectivity index (χ0n) is 10.3. The first-order chi connectivity index (χ1) is 8.99. The van der Waals surface area contributed by atoms with Gasteiger partial charge in [0.2, 0.25) is 0 Å². The molecule has 0 spiro atoms. The van der Waals surface area contributed by atoms with E-state index >= 15 is 0 Å². The van der Waals surface area contributed by atoms with Crippen LogP contribution >= 0.6 is 0 Å². The van der Waals surface area contributed by atoms with Gasteiger partial charge >= 0.3 is 5.97 Å². The Hall–Kier alpha value is -2.41. The molecule has 0 heterocycles. The summed E-state index contributed by atoms with van der Waals surface area (Å²) in [6.45, 7) is 0.910. The Balaban J connectivity index is 2.34. The fourth-order valence-electron chi connectivity index (χ4n) is 1.26. The summed E-state index contributed by atoms with van der Waals surface area (Å²) in [6, 6.07) is 6.90. The molecule has 1 aromatic carbocycles. The third kappa shape index (κ3) is 5.64. The number of carboxylic acids is 1. The monoisotopic (exact) mass is 266 g/mol. The van der Waals surface area contributed by atoms with Crippen LogP contribution in [0.1, 0.15) is 15.9 Å². The van der Waals surface area contributed by atoms with E-state index in [9.17, 15) is 14.4 Å². The summed E-state index contributed by atoms with van der Waals surface area (Å²) in [5.74, 6) is -2.23. The van der Waals surface area contributed by atoms with Crippen LogP contribution in [0.5, 0.6) is 0 Å². The van der Waals surface area contributed by atoms with E-state index in [1.807, 2.05) is 18.5 Å². The van der Waals surface area contributed by atoms with Gasteiger partial charge in [0.1, 0.15) is 0 Å². The van der Waals surface area contributed by atoms with Crippen LogP contribution in [0.4, 0.5) is 0 Å². The molecule has 0 aliphatic carbocycles. The van der Waals surface area contributed by atoms with Crippen LogP contribution in [0.25, 0.3) is 0 Å². The summed E-state index contributed by atoms with van der Waals surface area (Å²) >= 11 is 0. The minimum absolute atomic E-state index is 0.299. The molecule has 2 amide bonds. The van der Waals surface area contributed by atoms with Crippen molar-refractivity contribution in [3.8, 4) is 0 Å². The standard InChI is InChI=1S/C12H14N2O5/c1-8-3-2-4-9(5-8)12(18)13-6-10(15)14-19-7-11(16)17/h2-5H,6-7H2,1H3,(H,13,18)(H,14,15)(H,16,17). The average molecular weight is 266 g/mol. The van der Waals surface area contributed by atoms with Gasteiger partial charge < -0.3 is 10.4 Å². The first-order valence-electron chi connectivity index (χ1n) is 5.46. The topological polar surface area (TPSA) is 105 Å². The van der Waals surface area contributed by atoms with E-state index in [-0.39, 0.29) is 6.54 Å². The second-order valence-corrected chi connectivity index (χ2v) is 3.76.